The lowest BCUT2D eigenvalue weighted by Gasteiger charge is -2.40. The summed E-state index contributed by atoms with van der Waals surface area (Å²) in [5, 5.41) is 14.0. The van der Waals surface area contributed by atoms with E-state index in [1.54, 1.807) is 20.0 Å². The molecule has 2 aromatic heterocycles. The highest BCUT2D eigenvalue weighted by atomic mass is 19.1. The number of carbonyl (C=O) groups is 1. The van der Waals surface area contributed by atoms with E-state index in [0.717, 1.165) is 24.6 Å². The number of allylic oxidation sites excluding steroid dienone is 1. The van der Waals surface area contributed by atoms with Crippen LogP contribution in [0.25, 0.3) is 11.1 Å². The van der Waals surface area contributed by atoms with E-state index in [1.165, 1.54) is 32.1 Å². The summed E-state index contributed by atoms with van der Waals surface area (Å²) in [6, 6.07) is 3.77. The van der Waals surface area contributed by atoms with Crippen LogP contribution in [0.1, 0.15) is 57.7 Å². The van der Waals surface area contributed by atoms with Crippen molar-refractivity contribution in [3.05, 3.63) is 47.8 Å². The normalized spacial score (nSPS) is 24.0. The molecule has 2 aliphatic carbocycles. The predicted molar refractivity (Wildman–Crippen MR) is 109 cm³/mol. The lowest BCUT2D eigenvalue weighted by molar-refractivity contribution is -0.128. The first-order valence-corrected chi connectivity index (χ1v) is 10.2. The standard InChI is InChI=1S/C23H25FN4O2/c1-22(2)14-23(30-3,9-15(10-25)21(22)29)20-19(8-17(24)12-26-20)16-11-27-28(13-16)18-6-4-5-7-18/h8-9,11-13,18H,4-7,14H2,1-3H3. The Morgan fingerprint density at radius 2 is 2.03 bits per heavy atom. The van der Waals surface area contributed by atoms with E-state index >= 15 is 0 Å². The van der Waals surface area contributed by atoms with E-state index in [-0.39, 0.29) is 11.4 Å². The van der Waals surface area contributed by atoms with Gasteiger partial charge in [0.2, 0.25) is 0 Å². The Bertz CT molecular complexity index is 1060. The maximum absolute atomic E-state index is 14.2. The maximum atomic E-state index is 14.2. The van der Waals surface area contributed by atoms with Crippen molar-refractivity contribution in [2.75, 3.05) is 7.11 Å². The Balaban J connectivity index is 1.86. The summed E-state index contributed by atoms with van der Waals surface area (Å²) in [7, 11) is 1.52. The number of methoxy groups -OCH3 is 1. The fourth-order valence-electron chi connectivity index (χ4n) is 4.76. The number of hydrogen-bond donors (Lipinski definition) is 0. The molecule has 0 spiro atoms. The number of Topliss-reactive ketones (excluding diaryl/α,β-unsaturated/α-hetero) is 1. The Labute approximate surface area is 175 Å². The molecule has 0 radical (unpaired) electrons. The number of pyridine rings is 1. The van der Waals surface area contributed by atoms with Gasteiger partial charge >= 0.3 is 0 Å². The van der Waals surface area contributed by atoms with Crippen LogP contribution >= 0.6 is 0 Å². The second kappa shape index (κ2) is 7.44. The summed E-state index contributed by atoms with van der Waals surface area (Å²) in [6.07, 6.45) is 11.2. The number of ether oxygens (including phenoxy) is 1. The van der Waals surface area contributed by atoms with Crippen LogP contribution in [-0.4, -0.2) is 27.7 Å². The van der Waals surface area contributed by atoms with Gasteiger partial charge in [-0.1, -0.05) is 26.7 Å². The minimum atomic E-state index is -1.12. The number of ketones is 1. The molecule has 0 amide bonds. The quantitative estimate of drug-likeness (QED) is 0.745. The van der Waals surface area contributed by atoms with Crippen molar-refractivity contribution < 1.29 is 13.9 Å². The number of nitriles is 1. The van der Waals surface area contributed by atoms with Crippen LogP contribution in [0.5, 0.6) is 0 Å². The van der Waals surface area contributed by atoms with Crippen molar-refractivity contribution in [1.82, 2.24) is 14.8 Å². The van der Waals surface area contributed by atoms with Gasteiger partial charge in [-0.05, 0) is 31.4 Å². The van der Waals surface area contributed by atoms with Crippen LogP contribution in [-0.2, 0) is 15.1 Å². The van der Waals surface area contributed by atoms with Gasteiger partial charge in [0, 0.05) is 29.8 Å². The SMILES string of the molecule is COC1(c2ncc(F)cc2-c2cnn(C3CCCC3)c2)C=C(C#N)C(=O)C(C)(C)C1. The molecule has 7 heteroatoms. The fraction of sp³-hybridized carbons (Fsp3) is 0.478. The van der Waals surface area contributed by atoms with Crippen LogP contribution in [0.15, 0.2) is 36.3 Å². The van der Waals surface area contributed by atoms with Crippen LogP contribution in [0.2, 0.25) is 0 Å². The number of halogens is 1. The highest BCUT2D eigenvalue weighted by Gasteiger charge is 2.48. The van der Waals surface area contributed by atoms with Crippen molar-refractivity contribution in [2.45, 2.75) is 57.6 Å². The maximum Gasteiger partial charge on any atom is 0.178 e. The highest BCUT2D eigenvalue weighted by molar-refractivity contribution is 6.04. The van der Waals surface area contributed by atoms with Gasteiger partial charge in [0.05, 0.1) is 29.7 Å². The largest absolute Gasteiger partial charge is 0.368 e. The number of aromatic nitrogens is 3. The number of carbonyl (C=O) groups excluding carboxylic acids is 1. The van der Waals surface area contributed by atoms with Gasteiger partial charge in [-0.3, -0.25) is 14.5 Å². The van der Waals surface area contributed by atoms with Crippen molar-refractivity contribution >= 4 is 5.78 Å². The Kier molecular flexibility index (Phi) is 5.07. The zero-order chi connectivity index (χ0) is 21.5. The summed E-state index contributed by atoms with van der Waals surface area (Å²) in [5.74, 6) is -0.695. The monoisotopic (exact) mass is 408 g/mol. The molecule has 6 nitrogen and oxygen atoms in total. The predicted octanol–water partition coefficient (Wildman–Crippen LogP) is 4.49. The topological polar surface area (TPSA) is 80.8 Å². The van der Waals surface area contributed by atoms with Crippen LogP contribution in [0, 0.1) is 22.6 Å². The summed E-state index contributed by atoms with van der Waals surface area (Å²) in [6.45, 7) is 3.57. The van der Waals surface area contributed by atoms with E-state index < -0.39 is 16.8 Å². The average molecular weight is 408 g/mol. The molecule has 1 unspecified atom stereocenters. The van der Waals surface area contributed by atoms with E-state index in [9.17, 15) is 14.4 Å². The molecule has 0 saturated heterocycles. The van der Waals surface area contributed by atoms with Gasteiger partial charge in [-0.15, -0.1) is 0 Å². The molecule has 0 aliphatic heterocycles. The zero-order valence-electron chi connectivity index (χ0n) is 17.5. The smallest absolute Gasteiger partial charge is 0.178 e. The molecule has 2 aliphatic rings. The van der Waals surface area contributed by atoms with Crippen molar-refractivity contribution in [3.8, 4) is 17.2 Å². The van der Waals surface area contributed by atoms with E-state index in [4.69, 9.17) is 4.74 Å². The van der Waals surface area contributed by atoms with Crippen molar-refractivity contribution in [3.63, 3.8) is 0 Å². The summed E-state index contributed by atoms with van der Waals surface area (Å²) < 4.78 is 22.1. The summed E-state index contributed by atoms with van der Waals surface area (Å²) >= 11 is 0. The number of rotatable bonds is 4. The molecule has 2 aromatic rings. The molecule has 2 heterocycles. The van der Waals surface area contributed by atoms with Gasteiger partial charge in [-0.2, -0.15) is 10.4 Å². The number of nitrogens with zero attached hydrogens (tertiary/aromatic N) is 4. The van der Waals surface area contributed by atoms with E-state index in [1.807, 2.05) is 16.9 Å². The second-order valence-electron chi connectivity index (χ2n) is 8.85. The third kappa shape index (κ3) is 3.35. The Hall–Kier alpha value is -2.85. The Morgan fingerprint density at radius 3 is 2.70 bits per heavy atom. The highest BCUT2D eigenvalue weighted by Crippen LogP contribution is 2.47. The Morgan fingerprint density at radius 1 is 1.30 bits per heavy atom. The van der Waals surface area contributed by atoms with Crippen LogP contribution in [0.3, 0.4) is 0 Å². The third-order valence-electron chi connectivity index (χ3n) is 6.29. The summed E-state index contributed by atoms with van der Waals surface area (Å²) in [4.78, 5) is 17.0. The molecular formula is C23H25FN4O2. The van der Waals surface area contributed by atoms with Gasteiger partial charge in [-0.25, -0.2) is 4.39 Å². The molecule has 0 bridgehead atoms. The first kappa shape index (κ1) is 20.4. The lowest BCUT2D eigenvalue weighted by atomic mass is 9.68. The van der Waals surface area contributed by atoms with Crippen molar-refractivity contribution in [2.24, 2.45) is 5.41 Å². The second-order valence-corrected chi connectivity index (χ2v) is 8.85. The molecule has 0 N–H and O–H groups in total. The fourth-order valence-corrected chi connectivity index (χ4v) is 4.76. The molecule has 30 heavy (non-hydrogen) atoms. The lowest BCUT2D eigenvalue weighted by Crippen LogP contribution is -2.42. The molecular weight excluding hydrogens is 383 g/mol. The first-order chi connectivity index (χ1) is 14.3. The molecule has 0 aromatic carbocycles. The minimum absolute atomic E-state index is 0.0341. The molecule has 1 fully saturated rings. The molecule has 1 atom stereocenters. The van der Waals surface area contributed by atoms with Crippen LogP contribution in [0.4, 0.5) is 4.39 Å². The van der Waals surface area contributed by atoms with Gasteiger partial charge in [0.15, 0.2) is 5.78 Å². The van der Waals surface area contributed by atoms with E-state index in [0.29, 0.717) is 23.7 Å². The third-order valence-corrected chi connectivity index (χ3v) is 6.29. The molecule has 4 rings (SSSR count). The molecule has 156 valence electrons. The summed E-state index contributed by atoms with van der Waals surface area (Å²) in [5.41, 5.74) is -0.141. The molecule has 1 saturated carbocycles. The minimum Gasteiger partial charge on any atom is -0.368 e. The van der Waals surface area contributed by atoms with Gasteiger partial charge < -0.3 is 4.74 Å². The number of hydrogen-bond acceptors (Lipinski definition) is 5. The zero-order valence-corrected chi connectivity index (χ0v) is 17.5. The van der Waals surface area contributed by atoms with Crippen molar-refractivity contribution in [1.29, 1.82) is 5.26 Å². The van der Waals surface area contributed by atoms with Gasteiger partial charge in [0.1, 0.15) is 17.5 Å². The van der Waals surface area contributed by atoms with E-state index in [2.05, 4.69) is 10.1 Å². The van der Waals surface area contributed by atoms with Crippen LogP contribution < -0.4 is 0 Å². The first-order valence-electron chi connectivity index (χ1n) is 10.2. The average Bonchev–Trinajstić information content (AvgIpc) is 3.41. The van der Waals surface area contributed by atoms with Gasteiger partial charge in [0.25, 0.3) is 0 Å².